The highest BCUT2D eigenvalue weighted by Gasteiger charge is 2.50. The van der Waals surface area contributed by atoms with Crippen LogP contribution in [0.3, 0.4) is 0 Å². The van der Waals surface area contributed by atoms with Crippen molar-refractivity contribution < 1.29 is 27.5 Å². The van der Waals surface area contributed by atoms with Crippen LogP contribution in [0.15, 0.2) is 29.0 Å². The fourth-order valence-electron chi connectivity index (χ4n) is 4.63. The standard InChI is InChI=1S/C21H21F3N4O3/c1-13-18(31-12-26-13)19(30)27-5-4-20(11-29)10-28(9-15(20)8-27)16-3-2-14(7-25)17(6-16)21(22,23)24/h2-3,6,12,15,29H,4-5,8-11H2,1H3/t15-,20+/m1/s1. The number of likely N-dealkylation sites (tertiary alicyclic amines) is 1. The lowest BCUT2D eigenvalue weighted by Gasteiger charge is -2.42. The molecule has 2 aromatic rings. The summed E-state index contributed by atoms with van der Waals surface area (Å²) in [6.07, 6.45) is -2.91. The molecule has 2 atom stereocenters. The van der Waals surface area contributed by atoms with Gasteiger partial charge in [0.15, 0.2) is 6.39 Å². The van der Waals surface area contributed by atoms with Gasteiger partial charge in [-0.15, -0.1) is 0 Å². The number of halogens is 3. The van der Waals surface area contributed by atoms with E-state index < -0.39 is 22.7 Å². The molecule has 1 amide bonds. The molecule has 2 aliphatic heterocycles. The van der Waals surface area contributed by atoms with Crippen molar-refractivity contribution in [1.29, 1.82) is 5.26 Å². The summed E-state index contributed by atoms with van der Waals surface area (Å²) in [5.74, 6) is -0.227. The number of piperidine rings is 1. The summed E-state index contributed by atoms with van der Waals surface area (Å²) in [5, 5.41) is 19.2. The van der Waals surface area contributed by atoms with Crippen LogP contribution < -0.4 is 4.90 Å². The number of benzene rings is 1. The number of carbonyl (C=O) groups excluding carboxylic acids is 1. The third-order valence-electron chi connectivity index (χ3n) is 6.47. The Balaban J connectivity index is 1.58. The number of hydrogen-bond donors (Lipinski definition) is 1. The molecule has 2 aliphatic rings. The number of aliphatic hydroxyl groups excluding tert-OH is 1. The molecule has 4 rings (SSSR count). The summed E-state index contributed by atoms with van der Waals surface area (Å²) in [6.45, 7) is 3.09. The van der Waals surface area contributed by atoms with E-state index in [1.807, 2.05) is 0 Å². The van der Waals surface area contributed by atoms with Gasteiger partial charge in [-0.2, -0.15) is 18.4 Å². The van der Waals surface area contributed by atoms with E-state index in [4.69, 9.17) is 9.68 Å². The molecule has 1 N–H and O–H groups in total. The minimum absolute atomic E-state index is 0.122. The predicted molar refractivity (Wildman–Crippen MR) is 103 cm³/mol. The summed E-state index contributed by atoms with van der Waals surface area (Å²) in [4.78, 5) is 20.2. The number of aryl methyl sites for hydroxylation is 1. The molecule has 2 saturated heterocycles. The van der Waals surface area contributed by atoms with Crippen LogP contribution in [0.2, 0.25) is 0 Å². The molecule has 0 aliphatic carbocycles. The topological polar surface area (TPSA) is 93.6 Å². The molecular weight excluding hydrogens is 413 g/mol. The van der Waals surface area contributed by atoms with Gasteiger partial charge in [0.1, 0.15) is 0 Å². The van der Waals surface area contributed by atoms with Gasteiger partial charge < -0.3 is 19.3 Å². The number of aromatic nitrogens is 1. The van der Waals surface area contributed by atoms with E-state index in [-0.39, 0.29) is 24.2 Å². The van der Waals surface area contributed by atoms with Gasteiger partial charge in [0.2, 0.25) is 5.76 Å². The summed E-state index contributed by atoms with van der Waals surface area (Å²) in [6, 6.07) is 5.25. The zero-order chi connectivity index (χ0) is 22.4. The molecule has 10 heteroatoms. The first-order valence-corrected chi connectivity index (χ1v) is 9.85. The second kappa shape index (κ2) is 7.57. The van der Waals surface area contributed by atoms with Crippen molar-refractivity contribution in [2.24, 2.45) is 11.3 Å². The Morgan fingerprint density at radius 1 is 1.42 bits per heavy atom. The fourth-order valence-corrected chi connectivity index (χ4v) is 4.63. The molecular formula is C21H21F3N4O3. The van der Waals surface area contributed by atoms with Crippen LogP contribution in [0.4, 0.5) is 18.9 Å². The largest absolute Gasteiger partial charge is 0.438 e. The maximum atomic E-state index is 13.4. The first kappa shape index (κ1) is 21.2. The zero-order valence-electron chi connectivity index (χ0n) is 16.8. The van der Waals surface area contributed by atoms with Crippen LogP contribution in [-0.2, 0) is 6.18 Å². The number of amides is 1. The molecule has 1 aromatic heterocycles. The van der Waals surface area contributed by atoms with Gasteiger partial charge in [-0.3, -0.25) is 4.79 Å². The van der Waals surface area contributed by atoms with Crippen LogP contribution in [-0.4, -0.2) is 53.7 Å². The van der Waals surface area contributed by atoms with Crippen molar-refractivity contribution >= 4 is 11.6 Å². The Morgan fingerprint density at radius 3 is 2.81 bits per heavy atom. The van der Waals surface area contributed by atoms with Gasteiger partial charge in [-0.05, 0) is 31.5 Å². The maximum absolute atomic E-state index is 13.4. The van der Waals surface area contributed by atoms with Crippen molar-refractivity contribution in [3.05, 3.63) is 47.2 Å². The van der Waals surface area contributed by atoms with Crippen molar-refractivity contribution in [2.75, 3.05) is 37.7 Å². The van der Waals surface area contributed by atoms with Crippen molar-refractivity contribution in [2.45, 2.75) is 19.5 Å². The highest BCUT2D eigenvalue weighted by molar-refractivity contribution is 5.92. The van der Waals surface area contributed by atoms with Crippen molar-refractivity contribution in [1.82, 2.24) is 9.88 Å². The first-order chi connectivity index (χ1) is 14.7. The van der Waals surface area contributed by atoms with E-state index in [2.05, 4.69) is 4.98 Å². The second-order valence-electron chi connectivity index (χ2n) is 8.21. The molecule has 3 heterocycles. The third-order valence-corrected chi connectivity index (χ3v) is 6.47. The number of nitrogens with zero attached hydrogens (tertiary/aromatic N) is 4. The Hall–Kier alpha value is -3.06. The van der Waals surface area contributed by atoms with Crippen molar-refractivity contribution in [3.8, 4) is 6.07 Å². The minimum Gasteiger partial charge on any atom is -0.438 e. The summed E-state index contributed by atoms with van der Waals surface area (Å²) in [5.41, 5.74) is -1.08. The summed E-state index contributed by atoms with van der Waals surface area (Å²) in [7, 11) is 0. The van der Waals surface area contributed by atoms with E-state index in [1.54, 1.807) is 22.8 Å². The Labute approximate surface area is 176 Å². The summed E-state index contributed by atoms with van der Waals surface area (Å²) >= 11 is 0. The average Bonchev–Trinajstić information content (AvgIpc) is 3.35. The zero-order valence-corrected chi connectivity index (χ0v) is 16.8. The highest BCUT2D eigenvalue weighted by atomic mass is 19.4. The van der Waals surface area contributed by atoms with Gasteiger partial charge >= 0.3 is 6.18 Å². The lowest BCUT2D eigenvalue weighted by Crippen LogP contribution is -2.50. The Morgan fingerprint density at radius 2 is 2.19 bits per heavy atom. The van der Waals surface area contributed by atoms with Crippen molar-refractivity contribution in [3.63, 3.8) is 0 Å². The molecule has 0 saturated carbocycles. The smallest absolute Gasteiger partial charge is 0.417 e. The monoisotopic (exact) mass is 434 g/mol. The quantitative estimate of drug-likeness (QED) is 0.799. The number of fused-ring (bicyclic) bond motifs is 1. The SMILES string of the molecule is Cc1ncoc1C(=O)N1CC[C@@]2(CO)CN(c3ccc(C#N)c(C(F)(F)F)c3)C[C@H]2C1. The van der Waals surface area contributed by atoms with Gasteiger partial charge in [0.25, 0.3) is 5.91 Å². The van der Waals surface area contributed by atoms with Gasteiger partial charge in [-0.1, -0.05) is 0 Å². The molecule has 1 aromatic carbocycles. The molecule has 0 bridgehead atoms. The lowest BCUT2D eigenvalue weighted by molar-refractivity contribution is -0.137. The normalized spacial score (nSPS) is 23.5. The lowest BCUT2D eigenvalue weighted by atomic mass is 9.73. The van der Waals surface area contributed by atoms with Gasteiger partial charge in [-0.25, -0.2) is 4.98 Å². The predicted octanol–water partition coefficient (Wildman–Crippen LogP) is 2.83. The summed E-state index contributed by atoms with van der Waals surface area (Å²) < 4.78 is 45.3. The Bertz CT molecular complexity index is 1050. The van der Waals surface area contributed by atoms with Crippen LogP contribution in [0, 0.1) is 29.6 Å². The van der Waals surface area contributed by atoms with Gasteiger partial charge in [0.05, 0.1) is 29.5 Å². The van der Waals surface area contributed by atoms with Crippen LogP contribution in [0.25, 0.3) is 0 Å². The number of rotatable bonds is 3. The Kier molecular flexibility index (Phi) is 5.17. The maximum Gasteiger partial charge on any atom is 0.417 e. The number of oxazole rings is 1. The van der Waals surface area contributed by atoms with E-state index in [0.29, 0.717) is 44.0 Å². The first-order valence-electron chi connectivity index (χ1n) is 9.85. The molecule has 31 heavy (non-hydrogen) atoms. The molecule has 0 radical (unpaired) electrons. The van der Waals surface area contributed by atoms with E-state index in [0.717, 1.165) is 6.07 Å². The highest BCUT2D eigenvalue weighted by Crippen LogP contribution is 2.45. The van der Waals surface area contributed by atoms with E-state index in [9.17, 15) is 23.1 Å². The molecule has 164 valence electrons. The minimum atomic E-state index is -4.64. The van der Waals surface area contributed by atoms with Gasteiger partial charge in [0, 0.05) is 43.2 Å². The number of aliphatic hydroxyl groups is 1. The number of anilines is 1. The molecule has 7 nitrogen and oxygen atoms in total. The molecule has 0 unspecified atom stereocenters. The van der Waals surface area contributed by atoms with E-state index >= 15 is 0 Å². The molecule has 2 fully saturated rings. The van der Waals surface area contributed by atoms with Crippen LogP contribution in [0.5, 0.6) is 0 Å². The number of alkyl halides is 3. The average molecular weight is 434 g/mol. The second-order valence-corrected chi connectivity index (χ2v) is 8.21. The van der Waals surface area contributed by atoms with Crippen LogP contribution >= 0.6 is 0 Å². The number of carbonyl (C=O) groups is 1. The third kappa shape index (κ3) is 3.63. The number of hydrogen-bond acceptors (Lipinski definition) is 6. The number of nitriles is 1. The molecule has 0 spiro atoms. The van der Waals surface area contributed by atoms with E-state index in [1.165, 1.54) is 18.5 Å². The van der Waals surface area contributed by atoms with Crippen LogP contribution in [0.1, 0.15) is 33.8 Å². The fraction of sp³-hybridized carbons (Fsp3) is 0.476.